The number of rotatable bonds is 4. The van der Waals surface area contributed by atoms with E-state index in [4.69, 9.17) is 10.6 Å². The van der Waals surface area contributed by atoms with Gasteiger partial charge in [-0.1, -0.05) is 12.1 Å². The first kappa shape index (κ1) is 14.5. The second-order valence-corrected chi connectivity index (χ2v) is 4.82. The van der Waals surface area contributed by atoms with Gasteiger partial charge in [-0.3, -0.25) is 4.79 Å². The third kappa shape index (κ3) is 3.26. The first-order valence-electron chi connectivity index (χ1n) is 6.80. The Hall–Kier alpha value is -3.42. The molecule has 1 amide bonds. The van der Waals surface area contributed by atoms with Gasteiger partial charge in [-0.2, -0.15) is 5.48 Å². The first-order chi connectivity index (χ1) is 11.1. The molecule has 0 aliphatic carbocycles. The van der Waals surface area contributed by atoms with Crippen LogP contribution in [-0.2, 0) is 4.79 Å². The molecule has 0 fully saturated rings. The molecule has 23 heavy (non-hydrogen) atoms. The van der Waals surface area contributed by atoms with Crippen molar-refractivity contribution in [1.82, 2.24) is 25.7 Å². The molecule has 1 aromatic heterocycles. The molecule has 0 aliphatic rings. The maximum absolute atomic E-state index is 11.1. The van der Waals surface area contributed by atoms with Gasteiger partial charge in [0.15, 0.2) is 5.75 Å². The van der Waals surface area contributed by atoms with E-state index in [1.807, 2.05) is 18.2 Å². The number of hydroxylamine groups is 1. The fourth-order valence-corrected chi connectivity index (χ4v) is 2.04. The van der Waals surface area contributed by atoms with Crippen LogP contribution in [0.3, 0.4) is 0 Å². The van der Waals surface area contributed by atoms with E-state index >= 15 is 0 Å². The van der Waals surface area contributed by atoms with Crippen molar-refractivity contribution in [3.8, 4) is 22.6 Å². The van der Waals surface area contributed by atoms with Crippen LogP contribution in [0.15, 0.2) is 48.8 Å². The zero-order valence-corrected chi connectivity index (χ0v) is 12.3. The van der Waals surface area contributed by atoms with Crippen LogP contribution in [0.25, 0.3) is 16.8 Å². The van der Waals surface area contributed by atoms with E-state index in [0.717, 1.165) is 16.8 Å². The molecule has 0 radical (unpaired) electrons. The molecule has 0 saturated carbocycles. The van der Waals surface area contributed by atoms with Crippen molar-refractivity contribution in [3.63, 3.8) is 0 Å². The summed E-state index contributed by atoms with van der Waals surface area (Å²) in [7, 11) is 0. The Kier molecular flexibility index (Phi) is 3.88. The molecule has 0 atom stereocenters. The number of hydrogen-bond donors (Lipinski definition) is 2. The SMILES string of the molecule is CC(=O)NOc1ccc(-n2cnnn2)cc1-c1ccc(N)cc1. The number of nitrogen functional groups attached to an aromatic ring is 1. The lowest BCUT2D eigenvalue weighted by Gasteiger charge is -2.12. The fourth-order valence-electron chi connectivity index (χ4n) is 2.04. The van der Waals surface area contributed by atoms with Crippen LogP contribution in [0, 0.1) is 0 Å². The number of anilines is 1. The topological polar surface area (TPSA) is 108 Å². The summed E-state index contributed by atoms with van der Waals surface area (Å²) in [6, 6.07) is 12.7. The Morgan fingerprint density at radius 2 is 2.00 bits per heavy atom. The first-order valence-corrected chi connectivity index (χ1v) is 6.80. The van der Waals surface area contributed by atoms with Crippen molar-refractivity contribution < 1.29 is 9.63 Å². The zero-order valence-electron chi connectivity index (χ0n) is 12.3. The molecule has 3 aromatic rings. The number of nitrogens with one attached hydrogen (secondary N) is 1. The smallest absolute Gasteiger partial charge is 0.249 e. The maximum atomic E-state index is 11.1. The van der Waals surface area contributed by atoms with Crippen LogP contribution >= 0.6 is 0 Å². The molecule has 2 aromatic carbocycles. The summed E-state index contributed by atoms with van der Waals surface area (Å²) < 4.78 is 1.53. The minimum Gasteiger partial charge on any atom is -0.399 e. The average Bonchev–Trinajstić information content (AvgIpc) is 3.08. The maximum Gasteiger partial charge on any atom is 0.249 e. The standard InChI is InChI=1S/C15H14N6O2/c1-10(22)18-23-15-7-6-13(21-9-17-19-20-21)8-14(15)11-2-4-12(16)5-3-11/h2-9H,16H2,1H3,(H,18,22). The lowest BCUT2D eigenvalue weighted by atomic mass is 10.0. The predicted octanol–water partition coefficient (Wildman–Crippen LogP) is 1.34. The number of aromatic nitrogens is 4. The van der Waals surface area contributed by atoms with E-state index in [2.05, 4.69) is 21.0 Å². The molecule has 1 heterocycles. The molecule has 0 saturated heterocycles. The number of nitrogens with two attached hydrogens (primary N) is 1. The highest BCUT2D eigenvalue weighted by atomic mass is 16.7. The number of nitrogens with zero attached hydrogens (tertiary/aromatic N) is 4. The highest BCUT2D eigenvalue weighted by Crippen LogP contribution is 2.32. The minimum atomic E-state index is -0.294. The van der Waals surface area contributed by atoms with Crippen LogP contribution in [0.4, 0.5) is 5.69 Å². The number of amides is 1. The molecule has 0 aliphatic heterocycles. The van der Waals surface area contributed by atoms with E-state index in [9.17, 15) is 4.79 Å². The molecule has 0 unspecified atom stereocenters. The summed E-state index contributed by atoms with van der Waals surface area (Å²) in [4.78, 5) is 16.4. The van der Waals surface area contributed by atoms with Gasteiger partial charge in [-0.15, -0.1) is 5.10 Å². The Bertz CT molecular complexity index is 814. The highest BCUT2D eigenvalue weighted by Gasteiger charge is 2.11. The number of tetrazole rings is 1. The van der Waals surface area contributed by atoms with E-state index < -0.39 is 0 Å². The van der Waals surface area contributed by atoms with E-state index in [0.29, 0.717) is 11.4 Å². The van der Waals surface area contributed by atoms with Gasteiger partial charge in [0.25, 0.3) is 0 Å². The van der Waals surface area contributed by atoms with Crippen molar-refractivity contribution in [2.24, 2.45) is 0 Å². The highest BCUT2D eigenvalue weighted by molar-refractivity contribution is 5.75. The number of carbonyl (C=O) groups excluding carboxylic acids is 1. The second-order valence-electron chi connectivity index (χ2n) is 4.82. The molecular formula is C15H14N6O2. The van der Waals surface area contributed by atoms with E-state index in [1.165, 1.54) is 17.9 Å². The van der Waals surface area contributed by atoms with Crippen molar-refractivity contribution in [2.45, 2.75) is 6.92 Å². The van der Waals surface area contributed by atoms with Gasteiger partial charge >= 0.3 is 0 Å². The predicted molar refractivity (Wildman–Crippen MR) is 83.4 cm³/mol. The summed E-state index contributed by atoms with van der Waals surface area (Å²) in [5.41, 5.74) is 11.1. The van der Waals surface area contributed by atoms with Crippen molar-refractivity contribution in [1.29, 1.82) is 0 Å². The summed E-state index contributed by atoms with van der Waals surface area (Å²) in [6.07, 6.45) is 1.50. The summed E-state index contributed by atoms with van der Waals surface area (Å²) in [5, 5.41) is 11.1. The molecule has 116 valence electrons. The molecule has 8 nitrogen and oxygen atoms in total. The normalized spacial score (nSPS) is 10.3. The lowest BCUT2D eigenvalue weighted by molar-refractivity contribution is -0.125. The van der Waals surface area contributed by atoms with Crippen LogP contribution in [-0.4, -0.2) is 26.1 Å². The fraction of sp³-hybridized carbons (Fsp3) is 0.0667. The van der Waals surface area contributed by atoms with Crippen LogP contribution < -0.4 is 16.1 Å². The van der Waals surface area contributed by atoms with Gasteiger partial charge in [0.1, 0.15) is 6.33 Å². The number of hydrogen-bond acceptors (Lipinski definition) is 6. The van der Waals surface area contributed by atoms with Gasteiger partial charge in [0, 0.05) is 18.2 Å². The third-order valence-electron chi connectivity index (χ3n) is 3.10. The van der Waals surface area contributed by atoms with Gasteiger partial charge < -0.3 is 10.6 Å². The second kappa shape index (κ2) is 6.14. The lowest BCUT2D eigenvalue weighted by Crippen LogP contribution is -2.24. The van der Waals surface area contributed by atoms with Crippen LogP contribution in [0.1, 0.15) is 6.92 Å². The molecule has 3 N–H and O–H groups in total. The quantitative estimate of drug-likeness (QED) is 0.556. The number of benzene rings is 2. The number of carbonyl (C=O) groups is 1. The van der Waals surface area contributed by atoms with E-state index in [1.54, 1.807) is 24.3 Å². The van der Waals surface area contributed by atoms with Gasteiger partial charge in [-0.25, -0.2) is 4.68 Å². The Morgan fingerprint density at radius 1 is 1.22 bits per heavy atom. The van der Waals surface area contributed by atoms with Gasteiger partial charge in [-0.05, 0) is 46.3 Å². The Labute approximate surface area is 131 Å². The molecule has 3 rings (SSSR count). The molecule has 8 heteroatoms. The summed E-state index contributed by atoms with van der Waals surface area (Å²) in [6.45, 7) is 1.37. The van der Waals surface area contributed by atoms with Crippen LogP contribution in [0.5, 0.6) is 5.75 Å². The minimum absolute atomic E-state index is 0.294. The van der Waals surface area contributed by atoms with Gasteiger partial charge in [0.05, 0.1) is 5.69 Å². The molecular weight excluding hydrogens is 296 g/mol. The van der Waals surface area contributed by atoms with E-state index in [-0.39, 0.29) is 5.91 Å². The summed E-state index contributed by atoms with van der Waals surface area (Å²) >= 11 is 0. The monoisotopic (exact) mass is 310 g/mol. The Balaban J connectivity index is 2.05. The molecule has 0 bridgehead atoms. The average molecular weight is 310 g/mol. The van der Waals surface area contributed by atoms with Crippen molar-refractivity contribution in [3.05, 3.63) is 48.8 Å². The van der Waals surface area contributed by atoms with Crippen molar-refractivity contribution >= 4 is 11.6 Å². The summed E-state index contributed by atoms with van der Waals surface area (Å²) in [5.74, 6) is 0.208. The van der Waals surface area contributed by atoms with Gasteiger partial charge in [0.2, 0.25) is 5.91 Å². The van der Waals surface area contributed by atoms with Crippen LogP contribution in [0.2, 0.25) is 0 Å². The molecule has 0 spiro atoms. The van der Waals surface area contributed by atoms with Crippen molar-refractivity contribution in [2.75, 3.05) is 5.73 Å². The third-order valence-corrected chi connectivity index (χ3v) is 3.10. The Morgan fingerprint density at radius 3 is 2.65 bits per heavy atom. The zero-order chi connectivity index (χ0) is 16.2. The largest absolute Gasteiger partial charge is 0.399 e.